The van der Waals surface area contributed by atoms with Gasteiger partial charge in [0.15, 0.2) is 0 Å². The second-order valence-electron chi connectivity index (χ2n) is 3.44. The zero-order valence-electron chi connectivity index (χ0n) is 7.95. The van der Waals surface area contributed by atoms with Gasteiger partial charge < -0.3 is 15.2 Å². The van der Waals surface area contributed by atoms with Gasteiger partial charge in [0, 0.05) is 13.2 Å². The molecular formula is C9H17NO3. The predicted molar refractivity (Wildman–Crippen MR) is 48.2 cm³/mol. The lowest BCUT2D eigenvalue weighted by molar-refractivity contribution is -0.124. The Morgan fingerprint density at radius 2 is 2.46 bits per heavy atom. The Balaban J connectivity index is 2.16. The van der Waals surface area contributed by atoms with Crippen LogP contribution in [0, 0.1) is 5.92 Å². The van der Waals surface area contributed by atoms with E-state index in [9.17, 15) is 4.79 Å². The Hall–Kier alpha value is -0.610. The molecule has 2 atom stereocenters. The first-order valence-corrected chi connectivity index (χ1v) is 4.74. The molecule has 1 saturated heterocycles. The summed E-state index contributed by atoms with van der Waals surface area (Å²) >= 11 is 0. The smallest absolute Gasteiger partial charge is 0.225 e. The van der Waals surface area contributed by atoms with Crippen LogP contribution in [0.5, 0.6) is 0 Å². The molecule has 0 aromatic rings. The van der Waals surface area contributed by atoms with Gasteiger partial charge in [-0.1, -0.05) is 0 Å². The summed E-state index contributed by atoms with van der Waals surface area (Å²) in [4.78, 5) is 11.4. The normalized spacial score (nSPS) is 27.5. The summed E-state index contributed by atoms with van der Waals surface area (Å²) in [6.45, 7) is 3.19. The van der Waals surface area contributed by atoms with Gasteiger partial charge in [0.1, 0.15) is 0 Å². The Morgan fingerprint density at radius 3 is 3.00 bits per heavy atom. The van der Waals surface area contributed by atoms with E-state index in [0.717, 1.165) is 6.42 Å². The molecule has 1 amide bonds. The van der Waals surface area contributed by atoms with Gasteiger partial charge in [-0.15, -0.1) is 0 Å². The number of hydrogen-bond acceptors (Lipinski definition) is 3. The van der Waals surface area contributed by atoms with Gasteiger partial charge in [-0.25, -0.2) is 0 Å². The van der Waals surface area contributed by atoms with Crippen molar-refractivity contribution in [2.45, 2.75) is 25.9 Å². The van der Waals surface area contributed by atoms with Crippen molar-refractivity contribution in [2.24, 2.45) is 5.92 Å². The minimum absolute atomic E-state index is 0.00805. The van der Waals surface area contributed by atoms with Crippen molar-refractivity contribution in [1.29, 1.82) is 0 Å². The molecule has 2 unspecified atom stereocenters. The maximum atomic E-state index is 11.4. The highest BCUT2D eigenvalue weighted by Gasteiger charge is 2.27. The van der Waals surface area contributed by atoms with Crippen molar-refractivity contribution in [1.82, 2.24) is 5.32 Å². The van der Waals surface area contributed by atoms with Crippen LogP contribution in [0.15, 0.2) is 0 Å². The fourth-order valence-corrected chi connectivity index (χ4v) is 1.43. The topological polar surface area (TPSA) is 58.6 Å². The van der Waals surface area contributed by atoms with E-state index in [1.165, 1.54) is 0 Å². The Kier molecular flexibility index (Phi) is 4.18. The average molecular weight is 187 g/mol. The minimum Gasteiger partial charge on any atom is -0.396 e. The van der Waals surface area contributed by atoms with E-state index in [0.29, 0.717) is 19.6 Å². The molecule has 4 nitrogen and oxygen atoms in total. The molecule has 1 aliphatic heterocycles. The molecule has 1 heterocycles. The number of nitrogens with one attached hydrogen (secondary N) is 1. The third-order valence-corrected chi connectivity index (χ3v) is 2.20. The number of hydrogen-bond donors (Lipinski definition) is 2. The van der Waals surface area contributed by atoms with Crippen LogP contribution in [-0.2, 0) is 9.53 Å². The van der Waals surface area contributed by atoms with Gasteiger partial charge in [-0.2, -0.15) is 0 Å². The number of ether oxygens (including phenoxy) is 1. The summed E-state index contributed by atoms with van der Waals surface area (Å²) in [5.74, 6) is 0.0616. The monoisotopic (exact) mass is 187 g/mol. The van der Waals surface area contributed by atoms with Crippen LogP contribution < -0.4 is 5.32 Å². The molecule has 1 fully saturated rings. The molecule has 0 spiro atoms. The van der Waals surface area contributed by atoms with Crippen LogP contribution in [0.25, 0.3) is 0 Å². The molecule has 76 valence electrons. The SMILES string of the molecule is CC1CC(C(=O)NCCCO)CO1. The molecule has 13 heavy (non-hydrogen) atoms. The summed E-state index contributed by atoms with van der Waals surface area (Å²) < 4.78 is 5.28. The van der Waals surface area contributed by atoms with E-state index >= 15 is 0 Å². The third kappa shape index (κ3) is 3.32. The van der Waals surface area contributed by atoms with Gasteiger partial charge in [-0.3, -0.25) is 4.79 Å². The van der Waals surface area contributed by atoms with E-state index in [-0.39, 0.29) is 24.5 Å². The molecule has 4 heteroatoms. The molecule has 0 saturated carbocycles. The Morgan fingerprint density at radius 1 is 1.69 bits per heavy atom. The maximum absolute atomic E-state index is 11.4. The Labute approximate surface area is 78.3 Å². The predicted octanol–water partition coefficient (Wildman–Crippen LogP) is -0.0900. The first-order valence-electron chi connectivity index (χ1n) is 4.74. The summed E-state index contributed by atoms with van der Waals surface area (Å²) in [5, 5.41) is 11.3. The molecule has 0 bridgehead atoms. The molecule has 0 aromatic carbocycles. The molecule has 0 aliphatic carbocycles. The fourth-order valence-electron chi connectivity index (χ4n) is 1.43. The van der Waals surface area contributed by atoms with Gasteiger partial charge >= 0.3 is 0 Å². The van der Waals surface area contributed by atoms with Crippen LogP contribution in [-0.4, -0.2) is 36.9 Å². The molecule has 1 rings (SSSR count). The lowest BCUT2D eigenvalue weighted by atomic mass is 10.1. The maximum Gasteiger partial charge on any atom is 0.225 e. The van der Waals surface area contributed by atoms with Crippen LogP contribution in [0.1, 0.15) is 19.8 Å². The highest BCUT2D eigenvalue weighted by molar-refractivity contribution is 5.79. The standard InChI is InChI=1S/C9H17NO3/c1-7-5-8(6-13-7)9(12)10-3-2-4-11/h7-8,11H,2-6H2,1H3,(H,10,12). The number of aliphatic hydroxyl groups is 1. The lowest BCUT2D eigenvalue weighted by Crippen LogP contribution is -2.32. The summed E-state index contributed by atoms with van der Waals surface area (Å²) in [6, 6.07) is 0. The van der Waals surface area contributed by atoms with Crippen molar-refractivity contribution in [2.75, 3.05) is 19.8 Å². The van der Waals surface area contributed by atoms with Gasteiger partial charge in [0.2, 0.25) is 5.91 Å². The molecular weight excluding hydrogens is 170 g/mol. The molecule has 2 N–H and O–H groups in total. The number of amides is 1. The van der Waals surface area contributed by atoms with Crippen molar-refractivity contribution in [3.05, 3.63) is 0 Å². The van der Waals surface area contributed by atoms with E-state index < -0.39 is 0 Å². The largest absolute Gasteiger partial charge is 0.396 e. The molecule has 1 aliphatic rings. The second kappa shape index (κ2) is 5.19. The zero-order chi connectivity index (χ0) is 9.68. The summed E-state index contributed by atoms with van der Waals surface area (Å²) in [5.41, 5.74) is 0. The summed E-state index contributed by atoms with van der Waals surface area (Å²) in [7, 11) is 0. The van der Waals surface area contributed by atoms with E-state index in [1.807, 2.05) is 6.92 Å². The fraction of sp³-hybridized carbons (Fsp3) is 0.889. The van der Waals surface area contributed by atoms with Gasteiger partial charge in [-0.05, 0) is 19.8 Å². The van der Waals surface area contributed by atoms with E-state index in [2.05, 4.69) is 5.32 Å². The molecule has 0 aromatic heterocycles. The highest BCUT2D eigenvalue weighted by atomic mass is 16.5. The van der Waals surface area contributed by atoms with Crippen LogP contribution in [0.2, 0.25) is 0 Å². The number of rotatable bonds is 4. The van der Waals surface area contributed by atoms with E-state index in [4.69, 9.17) is 9.84 Å². The average Bonchev–Trinajstić information content (AvgIpc) is 2.52. The first kappa shape index (κ1) is 10.5. The van der Waals surface area contributed by atoms with Crippen LogP contribution in [0.3, 0.4) is 0 Å². The quantitative estimate of drug-likeness (QED) is 0.605. The van der Waals surface area contributed by atoms with Crippen LogP contribution >= 0.6 is 0 Å². The molecule has 0 radical (unpaired) electrons. The number of carbonyl (C=O) groups excluding carboxylic acids is 1. The van der Waals surface area contributed by atoms with Gasteiger partial charge in [0.25, 0.3) is 0 Å². The first-order chi connectivity index (χ1) is 6.24. The number of aliphatic hydroxyl groups excluding tert-OH is 1. The van der Waals surface area contributed by atoms with Gasteiger partial charge in [0.05, 0.1) is 18.6 Å². The second-order valence-corrected chi connectivity index (χ2v) is 3.44. The van der Waals surface area contributed by atoms with Crippen molar-refractivity contribution in [3.8, 4) is 0 Å². The van der Waals surface area contributed by atoms with Crippen LogP contribution in [0.4, 0.5) is 0 Å². The minimum atomic E-state index is 0.00805. The third-order valence-electron chi connectivity index (χ3n) is 2.20. The van der Waals surface area contributed by atoms with E-state index in [1.54, 1.807) is 0 Å². The Bertz CT molecular complexity index is 172. The number of carbonyl (C=O) groups is 1. The van der Waals surface area contributed by atoms with Crippen molar-refractivity contribution >= 4 is 5.91 Å². The summed E-state index contributed by atoms with van der Waals surface area (Å²) in [6.07, 6.45) is 1.63. The lowest BCUT2D eigenvalue weighted by Gasteiger charge is -2.08. The highest BCUT2D eigenvalue weighted by Crippen LogP contribution is 2.18. The zero-order valence-corrected chi connectivity index (χ0v) is 7.95. The van der Waals surface area contributed by atoms with Crippen molar-refractivity contribution in [3.63, 3.8) is 0 Å². The van der Waals surface area contributed by atoms with Crippen molar-refractivity contribution < 1.29 is 14.6 Å².